The molecule has 0 amide bonds. The van der Waals surface area contributed by atoms with E-state index in [0.29, 0.717) is 5.75 Å². The molecule has 3 heteroatoms. The Morgan fingerprint density at radius 1 is 0.655 bits per heavy atom. The van der Waals surface area contributed by atoms with Crippen molar-refractivity contribution in [3.63, 3.8) is 0 Å². The second kappa shape index (κ2) is 7.92. The molecule has 4 aromatic rings. The first-order valence-corrected chi connectivity index (χ1v) is 9.51. The highest BCUT2D eigenvalue weighted by molar-refractivity contribution is 5.98. The van der Waals surface area contributed by atoms with Gasteiger partial charge in [0.2, 0.25) is 0 Å². The SMILES string of the molecule is OC1(O)C=CC(c2ccccc2)=CC1.Oc1ccc2cc3ccccc3cc2c1. The van der Waals surface area contributed by atoms with Crippen molar-refractivity contribution >= 4 is 27.1 Å². The lowest BCUT2D eigenvalue weighted by atomic mass is 9.97. The Balaban J connectivity index is 0.000000142. The number of fused-ring (bicyclic) bond motifs is 2. The summed E-state index contributed by atoms with van der Waals surface area (Å²) in [7, 11) is 0. The van der Waals surface area contributed by atoms with Gasteiger partial charge in [0.05, 0.1) is 0 Å². The van der Waals surface area contributed by atoms with E-state index in [2.05, 4.69) is 24.3 Å². The molecule has 0 aliphatic heterocycles. The molecule has 0 heterocycles. The number of phenolic OH excluding ortho intramolecular Hbond substituents is 1. The van der Waals surface area contributed by atoms with Gasteiger partial charge in [-0.3, -0.25) is 0 Å². The van der Waals surface area contributed by atoms with Gasteiger partial charge in [-0.25, -0.2) is 0 Å². The summed E-state index contributed by atoms with van der Waals surface area (Å²) in [4.78, 5) is 0. The number of hydrogen-bond acceptors (Lipinski definition) is 3. The Morgan fingerprint density at radius 2 is 1.28 bits per heavy atom. The fourth-order valence-electron chi connectivity index (χ4n) is 3.39. The van der Waals surface area contributed by atoms with Crippen molar-refractivity contribution in [3.05, 3.63) is 109 Å². The van der Waals surface area contributed by atoms with Crippen LogP contribution in [0.2, 0.25) is 0 Å². The number of hydrogen-bond donors (Lipinski definition) is 3. The van der Waals surface area contributed by atoms with E-state index < -0.39 is 5.79 Å². The molecule has 3 nitrogen and oxygen atoms in total. The Morgan fingerprint density at radius 3 is 1.93 bits per heavy atom. The van der Waals surface area contributed by atoms with Gasteiger partial charge in [0, 0.05) is 6.42 Å². The zero-order chi connectivity index (χ0) is 20.3. The molecule has 0 unspecified atom stereocenters. The third-order valence-corrected chi connectivity index (χ3v) is 4.95. The molecule has 1 aliphatic carbocycles. The molecule has 0 atom stereocenters. The Hall–Kier alpha value is -3.40. The fraction of sp³-hybridized carbons (Fsp3) is 0.0769. The van der Waals surface area contributed by atoms with E-state index in [0.717, 1.165) is 21.9 Å². The number of phenols is 1. The average molecular weight is 382 g/mol. The van der Waals surface area contributed by atoms with Crippen molar-refractivity contribution in [2.75, 3.05) is 0 Å². The molecule has 3 N–H and O–H groups in total. The van der Waals surface area contributed by atoms with Crippen LogP contribution in [-0.4, -0.2) is 21.1 Å². The minimum atomic E-state index is -1.67. The van der Waals surface area contributed by atoms with Gasteiger partial charge in [-0.2, -0.15) is 0 Å². The molecule has 0 bridgehead atoms. The smallest absolute Gasteiger partial charge is 0.186 e. The van der Waals surface area contributed by atoms with E-state index in [-0.39, 0.29) is 6.42 Å². The third-order valence-electron chi connectivity index (χ3n) is 4.95. The van der Waals surface area contributed by atoms with Crippen molar-refractivity contribution in [1.29, 1.82) is 0 Å². The zero-order valence-corrected chi connectivity index (χ0v) is 15.9. The fourth-order valence-corrected chi connectivity index (χ4v) is 3.39. The Labute approximate surface area is 169 Å². The van der Waals surface area contributed by atoms with Crippen LogP contribution < -0.4 is 0 Å². The van der Waals surface area contributed by atoms with Gasteiger partial charge < -0.3 is 15.3 Å². The van der Waals surface area contributed by atoms with Gasteiger partial charge in [0.1, 0.15) is 5.75 Å². The van der Waals surface area contributed by atoms with Crippen LogP contribution >= 0.6 is 0 Å². The summed E-state index contributed by atoms with van der Waals surface area (Å²) in [6.45, 7) is 0. The maximum atomic E-state index is 9.40. The Kier molecular flexibility index (Phi) is 5.17. The lowest BCUT2D eigenvalue weighted by Crippen LogP contribution is -2.25. The van der Waals surface area contributed by atoms with E-state index in [1.807, 2.05) is 54.6 Å². The summed E-state index contributed by atoms with van der Waals surface area (Å²) in [5, 5.41) is 32.6. The molecule has 5 rings (SSSR count). The maximum Gasteiger partial charge on any atom is 0.186 e. The van der Waals surface area contributed by atoms with Gasteiger partial charge in [-0.1, -0.05) is 72.8 Å². The standard InChI is InChI=1S/C14H10O.C12H12O2/c15-14-6-5-12-7-10-3-1-2-4-11(10)8-13(12)9-14;13-12(14)8-6-11(7-9-12)10-4-2-1-3-5-10/h1-9,15H;1-8,13-14H,9H2. The van der Waals surface area contributed by atoms with E-state index in [1.54, 1.807) is 18.2 Å². The topological polar surface area (TPSA) is 60.7 Å². The third kappa shape index (κ3) is 4.54. The Bertz CT molecular complexity index is 1200. The van der Waals surface area contributed by atoms with Crippen molar-refractivity contribution in [1.82, 2.24) is 0 Å². The van der Waals surface area contributed by atoms with Crippen LogP contribution in [0.3, 0.4) is 0 Å². The van der Waals surface area contributed by atoms with Crippen LogP contribution in [0.5, 0.6) is 5.75 Å². The molecular weight excluding hydrogens is 360 g/mol. The molecule has 144 valence electrons. The number of allylic oxidation sites excluding steroid dienone is 2. The molecule has 0 aromatic heterocycles. The van der Waals surface area contributed by atoms with Crippen LogP contribution in [0.1, 0.15) is 12.0 Å². The lowest BCUT2D eigenvalue weighted by molar-refractivity contribution is -0.114. The van der Waals surface area contributed by atoms with Crippen molar-refractivity contribution in [3.8, 4) is 5.75 Å². The molecule has 0 saturated heterocycles. The van der Waals surface area contributed by atoms with Gasteiger partial charge in [-0.05, 0) is 63.0 Å². The summed E-state index contributed by atoms with van der Waals surface area (Å²) >= 11 is 0. The van der Waals surface area contributed by atoms with Gasteiger partial charge in [0.25, 0.3) is 0 Å². The molecule has 1 aliphatic rings. The molecule has 0 radical (unpaired) electrons. The highest BCUT2D eigenvalue weighted by Gasteiger charge is 2.20. The first kappa shape index (κ1) is 18.9. The van der Waals surface area contributed by atoms with E-state index in [4.69, 9.17) is 0 Å². The molecule has 0 saturated carbocycles. The predicted molar refractivity (Wildman–Crippen MR) is 118 cm³/mol. The summed E-state index contributed by atoms with van der Waals surface area (Å²) in [5.41, 5.74) is 2.13. The van der Waals surface area contributed by atoms with Gasteiger partial charge in [-0.15, -0.1) is 0 Å². The minimum Gasteiger partial charge on any atom is -0.508 e. The largest absolute Gasteiger partial charge is 0.508 e. The second-order valence-corrected chi connectivity index (χ2v) is 7.17. The monoisotopic (exact) mass is 382 g/mol. The molecule has 29 heavy (non-hydrogen) atoms. The number of rotatable bonds is 1. The average Bonchev–Trinajstić information content (AvgIpc) is 2.73. The van der Waals surface area contributed by atoms with E-state index in [1.165, 1.54) is 16.8 Å². The molecule has 0 spiro atoms. The van der Waals surface area contributed by atoms with Crippen molar-refractivity contribution in [2.24, 2.45) is 0 Å². The van der Waals surface area contributed by atoms with E-state index in [9.17, 15) is 15.3 Å². The number of aliphatic hydroxyl groups is 2. The molecule has 4 aromatic carbocycles. The van der Waals surface area contributed by atoms with Gasteiger partial charge in [0.15, 0.2) is 5.79 Å². The predicted octanol–water partition coefficient (Wildman–Crippen LogP) is 5.41. The first-order chi connectivity index (χ1) is 14.0. The highest BCUT2D eigenvalue weighted by atomic mass is 16.5. The van der Waals surface area contributed by atoms with Gasteiger partial charge >= 0.3 is 0 Å². The van der Waals surface area contributed by atoms with Crippen LogP contribution in [0, 0.1) is 0 Å². The van der Waals surface area contributed by atoms with Crippen LogP contribution in [0.15, 0.2) is 103 Å². The van der Waals surface area contributed by atoms with Crippen LogP contribution in [0.4, 0.5) is 0 Å². The number of benzene rings is 4. The number of aromatic hydroxyl groups is 1. The maximum absolute atomic E-state index is 9.40. The van der Waals surface area contributed by atoms with Crippen LogP contribution in [-0.2, 0) is 0 Å². The van der Waals surface area contributed by atoms with Crippen molar-refractivity contribution < 1.29 is 15.3 Å². The quantitative estimate of drug-likeness (QED) is 0.305. The lowest BCUT2D eigenvalue weighted by Gasteiger charge is -2.19. The van der Waals surface area contributed by atoms with E-state index >= 15 is 0 Å². The molecule has 0 fully saturated rings. The normalized spacial score (nSPS) is 14.9. The summed E-state index contributed by atoms with van der Waals surface area (Å²) in [6, 6.07) is 27.8. The summed E-state index contributed by atoms with van der Waals surface area (Å²) < 4.78 is 0. The first-order valence-electron chi connectivity index (χ1n) is 9.51. The second-order valence-electron chi connectivity index (χ2n) is 7.17. The summed E-state index contributed by atoms with van der Waals surface area (Å²) in [6.07, 6.45) is 5.22. The minimum absolute atomic E-state index is 0.244. The van der Waals surface area contributed by atoms with Crippen molar-refractivity contribution in [2.45, 2.75) is 12.2 Å². The van der Waals surface area contributed by atoms with Crippen LogP contribution in [0.25, 0.3) is 27.1 Å². The zero-order valence-electron chi connectivity index (χ0n) is 15.9. The molecular formula is C26H22O3. The summed E-state index contributed by atoms with van der Waals surface area (Å²) in [5.74, 6) is -1.35. The highest BCUT2D eigenvalue weighted by Crippen LogP contribution is 2.26.